The van der Waals surface area contributed by atoms with Crippen molar-refractivity contribution < 1.29 is 19.0 Å². The monoisotopic (exact) mass is 284 g/mol. The Bertz CT molecular complexity index is 651. The van der Waals surface area contributed by atoms with Crippen molar-refractivity contribution in [2.45, 2.75) is 19.6 Å². The van der Waals surface area contributed by atoms with Crippen LogP contribution in [-0.2, 0) is 16.1 Å². The molecule has 2 aromatic carbocycles. The van der Waals surface area contributed by atoms with Gasteiger partial charge in [0.05, 0.1) is 0 Å². The van der Waals surface area contributed by atoms with Crippen LogP contribution in [0.1, 0.15) is 11.1 Å². The van der Waals surface area contributed by atoms with Crippen molar-refractivity contribution in [2.75, 3.05) is 6.61 Å². The highest BCUT2D eigenvalue weighted by molar-refractivity contribution is 5.76. The van der Waals surface area contributed by atoms with E-state index in [9.17, 15) is 4.79 Å². The summed E-state index contributed by atoms with van der Waals surface area (Å²) in [6, 6.07) is 15.1. The molecule has 3 rings (SSSR count). The number of carbonyl (C=O) groups excluding carboxylic acids is 1. The van der Waals surface area contributed by atoms with Crippen molar-refractivity contribution in [3.63, 3.8) is 0 Å². The van der Waals surface area contributed by atoms with Crippen LogP contribution in [0.5, 0.6) is 11.5 Å². The lowest BCUT2D eigenvalue weighted by Gasteiger charge is -2.25. The average molecular weight is 284 g/mol. The van der Waals surface area contributed by atoms with E-state index in [1.807, 2.05) is 49.4 Å². The molecule has 0 saturated carbocycles. The summed E-state index contributed by atoms with van der Waals surface area (Å²) in [4.78, 5) is 12.1. The zero-order valence-electron chi connectivity index (χ0n) is 11.7. The molecule has 0 fully saturated rings. The van der Waals surface area contributed by atoms with E-state index in [-0.39, 0.29) is 13.2 Å². The van der Waals surface area contributed by atoms with Crippen molar-refractivity contribution in [3.8, 4) is 11.5 Å². The van der Waals surface area contributed by atoms with E-state index in [2.05, 4.69) is 0 Å². The topological polar surface area (TPSA) is 44.8 Å². The van der Waals surface area contributed by atoms with Crippen LogP contribution in [-0.4, -0.2) is 18.7 Å². The third-order valence-corrected chi connectivity index (χ3v) is 3.40. The molecule has 108 valence electrons. The van der Waals surface area contributed by atoms with Gasteiger partial charge >= 0.3 is 5.97 Å². The fourth-order valence-electron chi connectivity index (χ4n) is 2.15. The van der Waals surface area contributed by atoms with Crippen LogP contribution in [0, 0.1) is 6.92 Å². The normalized spacial score (nSPS) is 16.3. The summed E-state index contributed by atoms with van der Waals surface area (Å²) in [6.45, 7) is 2.40. The van der Waals surface area contributed by atoms with Gasteiger partial charge in [0, 0.05) is 0 Å². The quantitative estimate of drug-likeness (QED) is 0.813. The number of ether oxygens (including phenoxy) is 3. The Hall–Kier alpha value is -2.49. The van der Waals surface area contributed by atoms with E-state index in [1.54, 1.807) is 6.07 Å². The van der Waals surface area contributed by atoms with Gasteiger partial charge in [-0.2, -0.15) is 0 Å². The van der Waals surface area contributed by atoms with Crippen molar-refractivity contribution >= 4 is 5.97 Å². The molecule has 0 saturated heterocycles. The SMILES string of the molecule is Cc1ccccc1COC(=O)[C@@H]1COc2ccccc2O1. The van der Waals surface area contributed by atoms with Gasteiger partial charge in [-0.1, -0.05) is 36.4 Å². The smallest absolute Gasteiger partial charge is 0.351 e. The number of hydrogen-bond acceptors (Lipinski definition) is 4. The molecule has 21 heavy (non-hydrogen) atoms. The van der Waals surface area contributed by atoms with E-state index in [0.717, 1.165) is 11.1 Å². The van der Waals surface area contributed by atoms with Gasteiger partial charge in [0.15, 0.2) is 11.5 Å². The maximum atomic E-state index is 12.1. The fourth-order valence-corrected chi connectivity index (χ4v) is 2.15. The molecule has 2 aromatic rings. The maximum absolute atomic E-state index is 12.1. The van der Waals surface area contributed by atoms with Gasteiger partial charge in [-0.25, -0.2) is 4.79 Å². The molecule has 1 aliphatic rings. The van der Waals surface area contributed by atoms with Crippen molar-refractivity contribution in [1.82, 2.24) is 0 Å². The Balaban J connectivity index is 1.61. The highest BCUT2D eigenvalue weighted by atomic mass is 16.6. The Morgan fingerprint density at radius 2 is 1.86 bits per heavy atom. The highest BCUT2D eigenvalue weighted by Crippen LogP contribution is 2.31. The Morgan fingerprint density at radius 1 is 1.14 bits per heavy atom. The van der Waals surface area contributed by atoms with Gasteiger partial charge in [-0.05, 0) is 30.2 Å². The van der Waals surface area contributed by atoms with Crippen LogP contribution < -0.4 is 9.47 Å². The molecule has 1 heterocycles. The minimum atomic E-state index is -0.719. The van der Waals surface area contributed by atoms with Gasteiger partial charge < -0.3 is 14.2 Å². The molecule has 0 radical (unpaired) electrons. The van der Waals surface area contributed by atoms with E-state index in [0.29, 0.717) is 11.5 Å². The van der Waals surface area contributed by atoms with Gasteiger partial charge in [0.25, 0.3) is 0 Å². The van der Waals surface area contributed by atoms with Crippen LogP contribution in [0.15, 0.2) is 48.5 Å². The molecule has 1 atom stereocenters. The molecule has 0 aromatic heterocycles. The molecule has 0 unspecified atom stereocenters. The number of rotatable bonds is 3. The fraction of sp³-hybridized carbons (Fsp3) is 0.235. The lowest BCUT2D eigenvalue weighted by molar-refractivity contribution is -0.155. The summed E-state index contributed by atoms with van der Waals surface area (Å²) < 4.78 is 16.4. The average Bonchev–Trinajstić information content (AvgIpc) is 2.53. The lowest BCUT2D eigenvalue weighted by Crippen LogP contribution is -2.37. The largest absolute Gasteiger partial charge is 0.485 e. The highest BCUT2D eigenvalue weighted by Gasteiger charge is 2.28. The first-order valence-electron chi connectivity index (χ1n) is 6.83. The maximum Gasteiger partial charge on any atom is 0.351 e. The molecule has 0 spiro atoms. The van der Waals surface area contributed by atoms with Gasteiger partial charge in [0.2, 0.25) is 6.10 Å². The number of benzene rings is 2. The predicted octanol–water partition coefficient (Wildman–Crippen LogP) is 2.88. The number of esters is 1. The lowest BCUT2D eigenvalue weighted by atomic mass is 10.1. The number of aryl methyl sites for hydroxylation is 1. The third kappa shape index (κ3) is 2.99. The van der Waals surface area contributed by atoms with Crippen molar-refractivity contribution in [3.05, 3.63) is 59.7 Å². The van der Waals surface area contributed by atoms with Crippen LogP contribution >= 0.6 is 0 Å². The minimum absolute atomic E-state index is 0.170. The third-order valence-electron chi connectivity index (χ3n) is 3.40. The summed E-state index contributed by atoms with van der Waals surface area (Å²) in [5, 5.41) is 0. The number of fused-ring (bicyclic) bond motifs is 1. The molecular formula is C17H16O4. The van der Waals surface area contributed by atoms with E-state index in [4.69, 9.17) is 14.2 Å². The Morgan fingerprint density at radius 3 is 2.67 bits per heavy atom. The molecule has 0 N–H and O–H groups in total. The zero-order chi connectivity index (χ0) is 14.7. The molecule has 1 aliphatic heterocycles. The second-order valence-corrected chi connectivity index (χ2v) is 4.90. The van der Waals surface area contributed by atoms with Gasteiger partial charge in [-0.3, -0.25) is 0 Å². The van der Waals surface area contributed by atoms with Gasteiger partial charge in [-0.15, -0.1) is 0 Å². The van der Waals surface area contributed by atoms with Crippen LogP contribution in [0.4, 0.5) is 0 Å². The van der Waals surface area contributed by atoms with E-state index in [1.165, 1.54) is 0 Å². The molecule has 4 nitrogen and oxygen atoms in total. The standard InChI is InChI=1S/C17H16O4/c1-12-6-2-3-7-13(12)10-20-17(18)16-11-19-14-8-4-5-9-15(14)21-16/h2-9,16H,10-11H2,1H3/t16-/m0/s1. The van der Waals surface area contributed by atoms with Crippen molar-refractivity contribution in [1.29, 1.82) is 0 Å². The minimum Gasteiger partial charge on any atom is -0.485 e. The van der Waals surface area contributed by atoms with E-state index < -0.39 is 12.1 Å². The Labute approximate surface area is 123 Å². The molecule has 4 heteroatoms. The number of hydrogen-bond donors (Lipinski definition) is 0. The number of carbonyl (C=O) groups is 1. The predicted molar refractivity (Wildman–Crippen MR) is 77.3 cm³/mol. The number of para-hydroxylation sites is 2. The van der Waals surface area contributed by atoms with Crippen LogP contribution in [0.3, 0.4) is 0 Å². The summed E-state index contributed by atoms with van der Waals surface area (Å²) >= 11 is 0. The van der Waals surface area contributed by atoms with Crippen LogP contribution in [0.25, 0.3) is 0 Å². The molecule has 0 amide bonds. The molecule has 0 aliphatic carbocycles. The summed E-state index contributed by atoms with van der Waals surface area (Å²) in [7, 11) is 0. The summed E-state index contributed by atoms with van der Waals surface area (Å²) in [6.07, 6.45) is -0.719. The second kappa shape index (κ2) is 5.87. The summed E-state index contributed by atoms with van der Waals surface area (Å²) in [5.41, 5.74) is 2.08. The molecular weight excluding hydrogens is 268 g/mol. The van der Waals surface area contributed by atoms with E-state index >= 15 is 0 Å². The van der Waals surface area contributed by atoms with Crippen molar-refractivity contribution in [2.24, 2.45) is 0 Å². The first kappa shape index (κ1) is 13.5. The second-order valence-electron chi connectivity index (χ2n) is 4.90. The zero-order valence-corrected chi connectivity index (χ0v) is 11.7. The van der Waals surface area contributed by atoms with Gasteiger partial charge in [0.1, 0.15) is 13.2 Å². The molecule has 0 bridgehead atoms. The summed E-state index contributed by atoms with van der Waals surface area (Å²) in [5.74, 6) is 0.815. The van der Waals surface area contributed by atoms with Crippen LogP contribution in [0.2, 0.25) is 0 Å². The Kier molecular flexibility index (Phi) is 3.77. The first-order chi connectivity index (χ1) is 10.2. The first-order valence-corrected chi connectivity index (χ1v) is 6.83.